The van der Waals surface area contributed by atoms with Gasteiger partial charge in [-0.05, 0) is 57.3 Å². The summed E-state index contributed by atoms with van der Waals surface area (Å²) in [5.41, 5.74) is 1.26. The van der Waals surface area contributed by atoms with E-state index in [4.69, 9.17) is 4.74 Å². The molecule has 0 spiro atoms. The third kappa shape index (κ3) is 4.45. The van der Waals surface area contributed by atoms with Crippen LogP contribution < -0.4 is 10.1 Å². The zero-order valence-corrected chi connectivity index (χ0v) is 14.6. The van der Waals surface area contributed by atoms with Crippen molar-refractivity contribution in [3.8, 4) is 5.88 Å². The molecule has 23 heavy (non-hydrogen) atoms. The van der Waals surface area contributed by atoms with Crippen molar-refractivity contribution < 1.29 is 4.74 Å². The number of rotatable bonds is 5. The first-order chi connectivity index (χ1) is 11.3. The Hall–Kier alpha value is -1.13. The maximum absolute atomic E-state index is 5.23. The Morgan fingerprint density at radius 3 is 2.61 bits per heavy atom. The second kappa shape index (κ2) is 8.11. The number of aromatic nitrogens is 1. The van der Waals surface area contributed by atoms with Crippen molar-refractivity contribution in [1.82, 2.24) is 15.2 Å². The van der Waals surface area contributed by atoms with Crippen molar-refractivity contribution in [2.24, 2.45) is 0 Å². The molecule has 3 rings (SSSR count). The van der Waals surface area contributed by atoms with Gasteiger partial charge in [0.15, 0.2) is 0 Å². The molecule has 1 aliphatic heterocycles. The van der Waals surface area contributed by atoms with Gasteiger partial charge < -0.3 is 15.0 Å². The molecule has 128 valence electrons. The smallest absolute Gasteiger partial charge is 0.213 e. The van der Waals surface area contributed by atoms with Gasteiger partial charge in [0, 0.05) is 30.4 Å². The monoisotopic (exact) mass is 317 g/mol. The van der Waals surface area contributed by atoms with Crippen LogP contribution in [-0.4, -0.2) is 42.2 Å². The number of likely N-dealkylation sites (tertiary alicyclic amines) is 1. The summed E-state index contributed by atoms with van der Waals surface area (Å²) >= 11 is 0. The summed E-state index contributed by atoms with van der Waals surface area (Å²) in [6.07, 6.45) is 11.5. The molecule has 0 radical (unpaired) electrons. The van der Waals surface area contributed by atoms with E-state index in [2.05, 4.69) is 28.2 Å². The minimum absolute atomic E-state index is 0.345. The lowest BCUT2D eigenvalue weighted by Gasteiger charge is -2.40. The topological polar surface area (TPSA) is 37.4 Å². The van der Waals surface area contributed by atoms with Crippen LogP contribution in [0.4, 0.5) is 0 Å². The highest BCUT2D eigenvalue weighted by Gasteiger charge is 2.26. The molecular weight excluding hydrogens is 286 g/mol. The molecule has 4 heteroatoms. The fourth-order valence-electron chi connectivity index (χ4n) is 4.13. The molecule has 1 N–H and O–H groups in total. The van der Waals surface area contributed by atoms with E-state index in [0.29, 0.717) is 18.0 Å². The number of hydrogen-bond acceptors (Lipinski definition) is 4. The Morgan fingerprint density at radius 1 is 1.17 bits per heavy atom. The van der Waals surface area contributed by atoms with E-state index < -0.39 is 0 Å². The van der Waals surface area contributed by atoms with Crippen LogP contribution >= 0.6 is 0 Å². The van der Waals surface area contributed by atoms with Crippen LogP contribution in [0.1, 0.15) is 63.5 Å². The maximum atomic E-state index is 5.23. The quantitative estimate of drug-likeness (QED) is 0.901. The summed E-state index contributed by atoms with van der Waals surface area (Å²) in [6.45, 7) is 4.76. The first-order valence-electron chi connectivity index (χ1n) is 9.26. The Bertz CT molecular complexity index is 479. The van der Waals surface area contributed by atoms with Crippen molar-refractivity contribution in [2.75, 3.05) is 20.2 Å². The summed E-state index contributed by atoms with van der Waals surface area (Å²) in [5, 5.41) is 3.80. The van der Waals surface area contributed by atoms with Crippen LogP contribution in [0, 0.1) is 0 Å². The van der Waals surface area contributed by atoms with Gasteiger partial charge in [0.05, 0.1) is 7.11 Å². The van der Waals surface area contributed by atoms with Gasteiger partial charge in [-0.2, -0.15) is 0 Å². The van der Waals surface area contributed by atoms with Gasteiger partial charge in [-0.25, -0.2) is 4.98 Å². The molecule has 0 amide bonds. The summed E-state index contributed by atoms with van der Waals surface area (Å²) in [4.78, 5) is 6.94. The highest BCUT2D eigenvalue weighted by atomic mass is 16.5. The number of nitrogens with zero attached hydrogens (tertiary/aromatic N) is 2. The second-order valence-corrected chi connectivity index (χ2v) is 7.12. The van der Waals surface area contributed by atoms with Crippen molar-refractivity contribution >= 4 is 0 Å². The van der Waals surface area contributed by atoms with Crippen LogP contribution in [0.3, 0.4) is 0 Å². The van der Waals surface area contributed by atoms with Gasteiger partial charge in [0.25, 0.3) is 0 Å². The maximum Gasteiger partial charge on any atom is 0.213 e. The first kappa shape index (κ1) is 16.7. The lowest BCUT2D eigenvalue weighted by Crippen LogP contribution is -2.47. The van der Waals surface area contributed by atoms with Crippen LogP contribution in [0.15, 0.2) is 18.3 Å². The Morgan fingerprint density at radius 2 is 1.91 bits per heavy atom. The predicted octanol–water partition coefficient (Wildman–Crippen LogP) is 3.54. The minimum Gasteiger partial charge on any atom is -0.481 e. The predicted molar refractivity (Wildman–Crippen MR) is 93.8 cm³/mol. The molecule has 2 aliphatic rings. The summed E-state index contributed by atoms with van der Waals surface area (Å²) < 4.78 is 5.23. The molecule has 1 saturated carbocycles. The zero-order valence-electron chi connectivity index (χ0n) is 14.6. The van der Waals surface area contributed by atoms with E-state index in [1.807, 2.05) is 12.3 Å². The molecule has 1 atom stereocenters. The summed E-state index contributed by atoms with van der Waals surface area (Å²) in [7, 11) is 1.67. The van der Waals surface area contributed by atoms with E-state index in [-0.39, 0.29) is 0 Å². The van der Waals surface area contributed by atoms with Gasteiger partial charge in [-0.1, -0.05) is 19.3 Å². The van der Waals surface area contributed by atoms with E-state index in [9.17, 15) is 0 Å². The lowest BCUT2D eigenvalue weighted by molar-refractivity contribution is 0.113. The van der Waals surface area contributed by atoms with E-state index >= 15 is 0 Å². The minimum atomic E-state index is 0.345. The normalized spacial score (nSPS) is 22.9. The molecule has 0 bridgehead atoms. The molecule has 2 heterocycles. The van der Waals surface area contributed by atoms with Crippen molar-refractivity contribution in [3.05, 3.63) is 23.9 Å². The number of ether oxygens (including phenoxy) is 1. The molecule has 1 aliphatic carbocycles. The summed E-state index contributed by atoms with van der Waals surface area (Å²) in [6, 6.07) is 5.96. The zero-order chi connectivity index (χ0) is 16.1. The number of methoxy groups -OCH3 is 1. The fraction of sp³-hybridized carbons (Fsp3) is 0.737. The molecule has 1 aromatic rings. The van der Waals surface area contributed by atoms with Crippen LogP contribution in [0.2, 0.25) is 0 Å². The third-order valence-electron chi connectivity index (χ3n) is 5.57. The standard InChI is InChI=1S/C19H31N3O/c1-15(16-8-11-20-19(14-16)23-2)21-17-9-12-22(13-10-17)18-6-4-3-5-7-18/h8,11,14-15,17-18,21H,3-7,9-10,12-13H2,1-2H3. The highest BCUT2D eigenvalue weighted by molar-refractivity contribution is 5.23. The Balaban J connectivity index is 1.47. The van der Waals surface area contributed by atoms with Crippen molar-refractivity contribution in [1.29, 1.82) is 0 Å². The first-order valence-corrected chi connectivity index (χ1v) is 9.26. The van der Waals surface area contributed by atoms with Crippen LogP contribution in [-0.2, 0) is 0 Å². The molecular formula is C19H31N3O. The molecule has 1 unspecified atom stereocenters. The van der Waals surface area contributed by atoms with E-state index in [1.165, 1.54) is 63.6 Å². The lowest BCUT2D eigenvalue weighted by atomic mass is 9.92. The van der Waals surface area contributed by atoms with Crippen molar-refractivity contribution in [2.45, 2.75) is 70.0 Å². The van der Waals surface area contributed by atoms with Gasteiger partial charge >= 0.3 is 0 Å². The highest BCUT2D eigenvalue weighted by Crippen LogP contribution is 2.26. The van der Waals surface area contributed by atoms with Gasteiger partial charge in [0.1, 0.15) is 0 Å². The number of pyridine rings is 1. The summed E-state index contributed by atoms with van der Waals surface area (Å²) in [5.74, 6) is 0.697. The number of hydrogen-bond donors (Lipinski definition) is 1. The third-order valence-corrected chi connectivity index (χ3v) is 5.57. The number of nitrogens with one attached hydrogen (secondary N) is 1. The van der Waals surface area contributed by atoms with Gasteiger partial charge in [-0.15, -0.1) is 0 Å². The van der Waals surface area contributed by atoms with Crippen LogP contribution in [0.25, 0.3) is 0 Å². The average Bonchev–Trinajstić information content (AvgIpc) is 2.63. The average molecular weight is 317 g/mol. The Labute approximate surface area is 140 Å². The van der Waals surface area contributed by atoms with E-state index in [1.54, 1.807) is 7.11 Å². The van der Waals surface area contributed by atoms with Gasteiger partial charge in [0.2, 0.25) is 5.88 Å². The molecule has 1 saturated heterocycles. The second-order valence-electron chi connectivity index (χ2n) is 7.12. The molecule has 4 nitrogen and oxygen atoms in total. The fourth-order valence-corrected chi connectivity index (χ4v) is 4.13. The molecule has 2 fully saturated rings. The molecule has 1 aromatic heterocycles. The SMILES string of the molecule is COc1cc(C(C)NC2CCN(C3CCCCC3)CC2)ccn1. The van der Waals surface area contributed by atoms with Crippen LogP contribution in [0.5, 0.6) is 5.88 Å². The van der Waals surface area contributed by atoms with E-state index in [0.717, 1.165) is 6.04 Å². The number of piperidine rings is 1. The van der Waals surface area contributed by atoms with Gasteiger partial charge in [-0.3, -0.25) is 0 Å². The largest absolute Gasteiger partial charge is 0.481 e. The Kier molecular flexibility index (Phi) is 5.90. The van der Waals surface area contributed by atoms with Crippen molar-refractivity contribution in [3.63, 3.8) is 0 Å². The molecule has 0 aromatic carbocycles.